The van der Waals surface area contributed by atoms with Gasteiger partial charge in [-0.05, 0) is 12.8 Å². The van der Waals surface area contributed by atoms with Gasteiger partial charge in [-0.1, -0.05) is 290 Å². The summed E-state index contributed by atoms with van der Waals surface area (Å²) in [7, 11) is -5.02. The lowest BCUT2D eigenvalue weighted by molar-refractivity contribution is -0.220. The molecule has 0 radical (unpaired) electrons. The summed E-state index contributed by atoms with van der Waals surface area (Å²) in [5.41, 5.74) is 0. The molecule has 6 N–H and O–H groups in total. The van der Waals surface area contributed by atoms with Crippen LogP contribution in [0.2, 0.25) is 0 Å². The number of aliphatic hydroxyl groups excluding tert-OH is 5. The number of aliphatic hydroxyl groups is 5. The molecule has 0 aromatic rings. The molecule has 1 aliphatic carbocycles. The fraction of sp³-hybridized carbons (Fsp3) is 0.983. The Kier molecular flexibility index (Phi) is 48.0. The maximum Gasteiger partial charge on any atom is 0.472 e. The maximum absolute atomic E-state index is 12.9. The number of carbonyl (C=O) groups is 1. The first-order chi connectivity index (χ1) is 35.0. The molecular formula is C59H117O12P. The van der Waals surface area contributed by atoms with Gasteiger partial charge in [0.15, 0.2) is 0 Å². The van der Waals surface area contributed by atoms with Crippen molar-refractivity contribution in [3.63, 3.8) is 0 Å². The molecule has 1 saturated carbocycles. The predicted octanol–water partition coefficient (Wildman–Crippen LogP) is 15.2. The minimum Gasteiger partial charge on any atom is -0.457 e. The summed E-state index contributed by atoms with van der Waals surface area (Å²) in [5, 5.41) is 50.5. The molecule has 0 aliphatic heterocycles. The Morgan fingerprint density at radius 2 is 0.653 bits per heavy atom. The van der Waals surface area contributed by atoms with Crippen LogP contribution >= 0.6 is 7.82 Å². The number of rotatable bonds is 55. The molecular weight excluding hydrogens is 932 g/mol. The zero-order valence-corrected chi connectivity index (χ0v) is 47.7. The van der Waals surface area contributed by atoms with Crippen molar-refractivity contribution in [2.45, 2.75) is 352 Å². The first kappa shape index (κ1) is 69.4. The standard InChI is InChI=1S/C59H117O12P/c1-3-5-7-9-11-13-15-17-19-21-23-25-26-27-29-31-33-35-37-39-41-43-45-47-49-68-50-52(51-69-72(66,67)71-59-57(64)55(62)54(61)56(63)58(59)65)70-53(60)48-46-44-42-40-38-36-34-32-30-28-24-22-20-18-16-14-12-10-8-6-4-2/h52,54-59,61-65H,3-51H2,1-2H3,(H,66,67). The minimum atomic E-state index is -5.02. The number of hydrogen-bond acceptors (Lipinski definition) is 11. The predicted molar refractivity (Wildman–Crippen MR) is 295 cm³/mol. The molecule has 1 fully saturated rings. The lowest BCUT2D eigenvalue weighted by Crippen LogP contribution is -2.64. The largest absolute Gasteiger partial charge is 0.472 e. The molecule has 12 nitrogen and oxygen atoms in total. The molecule has 0 aromatic carbocycles. The quantitative estimate of drug-likeness (QED) is 0.0192. The second-order valence-electron chi connectivity index (χ2n) is 21.9. The summed E-state index contributed by atoms with van der Waals surface area (Å²) >= 11 is 0. The Hall–Kier alpha value is -0.660. The molecule has 0 amide bonds. The lowest BCUT2D eigenvalue weighted by atomic mass is 9.85. The van der Waals surface area contributed by atoms with E-state index in [4.69, 9.17) is 18.5 Å². The molecule has 430 valence electrons. The van der Waals surface area contributed by atoms with Crippen LogP contribution in [0.3, 0.4) is 0 Å². The van der Waals surface area contributed by atoms with Crippen LogP contribution < -0.4 is 0 Å². The number of carbonyl (C=O) groups excluding carboxylic acids is 1. The fourth-order valence-corrected chi connectivity index (χ4v) is 11.1. The van der Waals surface area contributed by atoms with E-state index in [1.54, 1.807) is 0 Å². The second-order valence-corrected chi connectivity index (χ2v) is 23.3. The third-order valence-electron chi connectivity index (χ3n) is 15.0. The smallest absolute Gasteiger partial charge is 0.457 e. The molecule has 0 bridgehead atoms. The highest BCUT2D eigenvalue weighted by atomic mass is 31.2. The monoisotopic (exact) mass is 1050 g/mol. The van der Waals surface area contributed by atoms with Gasteiger partial charge in [0.05, 0.1) is 13.2 Å². The van der Waals surface area contributed by atoms with Crippen LogP contribution in [0, 0.1) is 0 Å². The third-order valence-corrected chi connectivity index (χ3v) is 16.0. The van der Waals surface area contributed by atoms with Crippen LogP contribution in [-0.2, 0) is 27.9 Å². The summed E-state index contributed by atoms with van der Waals surface area (Å²) in [6.45, 7) is 4.35. The molecule has 1 aliphatic rings. The van der Waals surface area contributed by atoms with Crippen molar-refractivity contribution in [2.75, 3.05) is 19.8 Å². The van der Waals surface area contributed by atoms with Crippen molar-refractivity contribution in [3.05, 3.63) is 0 Å². The van der Waals surface area contributed by atoms with Crippen molar-refractivity contribution in [1.29, 1.82) is 0 Å². The molecule has 13 heteroatoms. The van der Waals surface area contributed by atoms with Gasteiger partial charge in [0, 0.05) is 13.0 Å². The highest BCUT2D eigenvalue weighted by molar-refractivity contribution is 7.47. The van der Waals surface area contributed by atoms with E-state index in [9.17, 15) is 39.8 Å². The maximum atomic E-state index is 12.9. The Bertz CT molecular complexity index is 1200. The van der Waals surface area contributed by atoms with Crippen molar-refractivity contribution in [1.82, 2.24) is 0 Å². The van der Waals surface area contributed by atoms with Gasteiger partial charge in [-0.15, -0.1) is 0 Å². The first-order valence-corrected chi connectivity index (χ1v) is 32.4. The van der Waals surface area contributed by atoms with Gasteiger partial charge in [-0.25, -0.2) is 4.57 Å². The van der Waals surface area contributed by atoms with Gasteiger partial charge >= 0.3 is 13.8 Å². The van der Waals surface area contributed by atoms with Crippen LogP contribution in [0.25, 0.3) is 0 Å². The van der Waals surface area contributed by atoms with Gasteiger partial charge in [0.25, 0.3) is 0 Å². The van der Waals surface area contributed by atoms with E-state index in [1.807, 2.05) is 0 Å². The molecule has 0 spiro atoms. The SMILES string of the molecule is CCCCCCCCCCCCCCCCCCCCCCCCCCOCC(COP(=O)(O)OC1C(O)C(O)C(O)C(O)C1O)OC(=O)CCCCCCCCCCCCCCCCCCCCCCC. The molecule has 0 aromatic heterocycles. The zero-order chi connectivity index (χ0) is 52.6. The lowest BCUT2D eigenvalue weighted by Gasteiger charge is -2.41. The van der Waals surface area contributed by atoms with Crippen molar-refractivity contribution < 1.29 is 58.3 Å². The molecule has 1 rings (SSSR count). The Morgan fingerprint density at radius 3 is 0.958 bits per heavy atom. The Balaban J connectivity index is 2.22. The van der Waals surface area contributed by atoms with Gasteiger partial charge < -0.3 is 39.9 Å². The van der Waals surface area contributed by atoms with E-state index in [0.717, 1.165) is 38.5 Å². The highest BCUT2D eigenvalue weighted by Crippen LogP contribution is 2.47. The van der Waals surface area contributed by atoms with Crippen LogP contribution in [0.4, 0.5) is 0 Å². The third kappa shape index (κ3) is 40.6. The summed E-state index contributed by atoms with van der Waals surface area (Å²) in [4.78, 5) is 23.4. The average Bonchev–Trinajstić information content (AvgIpc) is 3.37. The van der Waals surface area contributed by atoms with E-state index in [0.29, 0.717) is 13.0 Å². The van der Waals surface area contributed by atoms with Gasteiger partial charge in [-0.2, -0.15) is 0 Å². The number of ether oxygens (including phenoxy) is 2. The molecule has 6 unspecified atom stereocenters. The van der Waals surface area contributed by atoms with Crippen LogP contribution in [-0.4, -0.2) is 98.9 Å². The summed E-state index contributed by atoms with van der Waals surface area (Å²) in [5.74, 6) is -0.466. The number of phosphoric acid groups is 1. The zero-order valence-electron chi connectivity index (χ0n) is 46.8. The Morgan fingerprint density at radius 1 is 0.389 bits per heavy atom. The van der Waals surface area contributed by atoms with Crippen LogP contribution in [0.5, 0.6) is 0 Å². The number of hydrogen-bond donors (Lipinski definition) is 6. The second kappa shape index (κ2) is 49.9. The van der Waals surface area contributed by atoms with Gasteiger partial charge in [0.1, 0.15) is 42.7 Å². The van der Waals surface area contributed by atoms with Crippen LogP contribution in [0.15, 0.2) is 0 Å². The van der Waals surface area contributed by atoms with E-state index >= 15 is 0 Å². The fourth-order valence-electron chi connectivity index (χ4n) is 10.1. The van der Waals surface area contributed by atoms with E-state index in [-0.39, 0.29) is 13.0 Å². The number of esters is 1. The Labute approximate surface area is 442 Å². The summed E-state index contributed by atoms with van der Waals surface area (Å²) < 4.78 is 34.5. The molecule has 72 heavy (non-hydrogen) atoms. The van der Waals surface area contributed by atoms with E-state index in [1.165, 1.54) is 244 Å². The van der Waals surface area contributed by atoms with Crippen LogP contribution in [0.1, 0.15) is 309 Å². The topological polar surface area (TPSA) is 192 Å². The minimum absolute atomic E-state index is 0.0668. The van der Waals surface area contributed by atoms with E-state index < -0.39 is 63.1 Å². The van der Waals surface area contributed by atoms with E-state index in [2.05, 4.69) is 13.8 Å². The normalized spacial score (nSPS) is 20.5. The molecule has 0 heterocycles. The van der Waals surface area contributed by atoms with Crippen molar-refractivity contribution >= 4 is 13.8 Å². The summed E-state index contributed by atoms with van der Waals surface area (Å²) in [6.07, 6.45) is 46.1. The van der Waals surface area contributed by atoms with Gasteiger partial charge in [0.2, 0.25) is 0 Å². The van der Waals surface area contributed by atoms with Gasteiger partial charge in [-0.3, -0.25) is 13.8 Å². The first-order valence-electron chi connectivity index (χ1n) is 30.9. The number of unbranched alkanes of at least 4 members (excludes halogenated alkanes) is 43. The number of phosphoric ester groups is 1. The average molecular weight is 1050 g/mol. The van der Waals surface area contributed by atoms with Crippen molar-refractivity contribution in [2.24, 2.45) is 0 Å². The van der Waals surface area contributed by atoms with Crippen molar-refractivity contribution in [3.8, 4) is 0 Å². The molecule has 0 saturated heterocycles. The molecule has 6 atom stereocenters. The highest BCUT2D eigenvalue weighted by Gasteiger charge is 2.51. The summed E-state index contributed by atoms with van der Waals surface area (Å²) in [6, 6.07) is 0.